The van der Waals surface area contributed by atoms with Gasteiger partial charge >= 0.3 is 6.09 Å². The maximum absolute atomic E-state index is 11.6. The van der Waals surface area contributed by atoms with Crippen molar-refractivity contribution in [2.24, 2.45) is 4.99 Å². The fourth-order valence-corrected chi connectivity index (χ4v) is 1.58. The summed E-state index contributed by atoms with van der Waals surface area (Å²) >= 11 is 0. The molecule has 0 spiro atoms. The number of amides is 1. The molecule has 100 valence electrons. The van der Waals surface area contributed by atoms with Crippen molar-refractivity contribution in [3.63, 3.8) is 0 Å². The first kappa shape index (κ1) is 13.5. The molecule has 0 fully saturated rings. The highest BCUT2D eigenvalue weighted by atomic mass is 16.5. The van der Waals surface area contributed by atoms with Gasteiger partial charge in [-0.3, -0.25) is 5.32 Å². The number of aliphatic imine (C=N–C) groups is 1. The van der Waals surface area contributed by atoms with Gasteiger partial charge < -0.3 is 4.74 Å². The van der Waals surface area contributed by atoms with Gasteiger partial charge in [0.25, 0.3) is 0 Å². The molecule has 2 aromatic carbocycles. The molecule has 0 aromatic heterocycles. The van der Waals surface area contributed by atoms with Gasteiger partial charge in [-0.25, -0.2) is 9.59 Å². The van der Waals surface area contributed by atoms with Gasteiger partial charge in [0.05, 0.1) is 5.69 Å². The van der Waals surface area contributed by atoms with Crippen LogP contribution in [0.4, 0.5) is 16.2 Å². The summed E-state index contributed by atoms with van der Waals surface area (Å²) in [5.41, 5.74) is 1.82. The maximum Gasteiger partial charge on any atom is 0.411 e. The summed E-state index contributed by atoms with van der Waals surface area (Å²) in [6, 6.07) is 15.9. The second-order valence-electron chi connectivity index (χ2n) is 3.94. The molecule has 0 radical (unpaired) electrons. The Labute approximate surface area is 115 Å². The number of hydrogen-bond acceptors (Lipinski definition) is 4. The van der Waals surface area contributed by atoms with E-state index in [1.807, 2.05) is 30.3 Å². The van der Waals surface area contributed by atoms with Crippen LogP contribution in [0, 0.1) is 0 Å². The smallest absolute Gasteiger partial charge is 0.411 e. The number of benzene rings is 2. The second kappa shape index (κ2) is 6.87. The minimum Gasteiger partial charge on any atom is -0.444 e. The molecule has 1 amide bonds. The molecule has 0 aliphatic heterocycles. The normalized spacial score (nSPS) is 9.40. The number of nitrogens with zero attached hydrogens (tertiary/aromatic N) is 1. The van der Waals surface area contributed by atoms with Gasteiger partial charge in [0, 0.05) is 5.69 Å². The average molecular weight is 268 g/mol. The molecule has 5 heteroatoms. The number of nitrogens with one attached hydrogen (secondary N) is 1. The molecule has 0 atom stereocenters. The third-order valence-corrected chi connectivity index (χ3v) is 2.48. The first-order valence-corrected chi connectivity index (χ1v) is 5.93. The minimum absolute atomic E-state index is 0.193. The number of anilines is 1. The van der Waals surface area contributed by atoms with Gasteiger partial charge in [0.15, 0.2) is 0 Å². The third kappa shape index (κ3) is 4.08. The molecule has 20 heavy (non-hydrogen) atoms. The fraction of sp³-hybridized carbons (Fsp3) is 0.0667. The van der Waals surface area contributed by atoms with E-state index in [0.717, 1.165) is 5.56 Å². The van der Waals surface area contributed by atoms with Gasteiger partial charge in [0.2, 0.25) is 6.08 Å². The first-order chi connectivity index (χ1) is 9.78. The van der Waals surface area contributed by atoms with E-state index in [1.54, 1.807) is 24.3 Å². The summed E-state index contributed by atoms with van der Waals surface area (Å²) in [4.78, 5) is 25.2. The first-order valence-electron chi connectivity index (χ1n) is 5.93. The predicted octanol–water partition coefficient (Wildman–Crippen LogP) is 3.40. The van der Waals surface area contributed by atoms with E-state index in [4.69, 9.17) is 4.74 Å². The molecular formula is C15H12N2O3. The minimum atomic E-state index is -0.568. The SMILES string of the molecule is O=C=Nc1cccc(NC(=O)OCc2ccccc2)c1. The highest BCUT2D eigenvalue weighted by molar-refractivity contribution is 5.85. The monoisotopic (exact) mass is 268 g/mol. The number of isocyanates is 1. The molecule has 5 nitrogen and oxygen atoms in total. The van der Waals surface area contributed by atoms with E-state index in [1.165, 1.54) is 6.08 Å². The Morgan fingerprint density at radius 1 is 1.15 bits per heavy atom. The summed E-state index contributed by atoms with van der Waals surface area (Å²) < 4.78 is 5.07. The van der Waals surface area contributed by atoms with Crippen molar-refractivity contribution in [2.45, 2.75) is 6.61 Å². The zero-order valence-electron chi connectivity index (χ0n) is 10.6. The Balaban J connectivity index is 1.91. The average Bonchev–Trinajstić information content (AvgIpc) is 2.47. The molecule has 0 bridgehead atoms. The van der Waals surface area contributed by atoms with Crippen LogP contribution in [-0.4, -0.2) is 12.2 Å². The van der Waals surface area contributed by atoms with Crippen molar-refractivity contribution < 1.29 is 14.3 Å². The Bertz CT molecular complexity index is 635. The zero-order valence-corrected chi connectivity index (χ0v) is 10.6. The van der Waals surface area contributed by atoms with Crippen molar-refractivity contribution in [3.8, 4) is 0 Å². The maximum atomic E-state index is 11.6. The van der Waals surface area contributed by atoms with E-state index < -0.39 is 6.09 Å². The molecule has 0 saturated heterocycles. The highest BCUT2D eigenvalue weighted by Gasteiger charge is 2.04. The number of ether oxygens (including phenoxy) is 1. The van der Waals surface area contributed by atoms with Crippen molar-refractivity contribution in [1.29, 1.82) is 0 Å². The molecule has 2 rings (SSSR count). The van der Waals surface area contributed by atoms with Gasteiger partial charge in [-0.1, -0.05) is 36.4 Å². The van der Waals surface area contributed by atoms with Gasteiger partial charge in [-0.2, -0.15) is 4.99 Å². The van der Waals surface area contributed by atoms with Crippen LogP contribution in [0.3, 0.4) is 0 Å². The molecule has 0 aliphatic carbocycles. The lowest BCUT2D eigenvalue weighted by molar-refractivity contribution is 0.155. The molecule has 1 N–H and O–H groups in total. The molecule has 0 unspecified atom stereocenters. The topological polar surface area (TPSA) is 67.8 Å². The molecule has 0 saturated carbocycles. The summed E-state index contributed by atoms with van der Waals surface area (Å²) in [6.07, 6.45) is 0.874. The number of rotatable bonds is 4. The van der Waals surface area contributed by atoms with Crippen LogP contribution >= 0.6 is 0 Å². The lowest BCUT2D eigenvalue weighted by atomic mass is 10.2. The predicted molar refractivity (Wildman–Crippen MR) is 74.5 cm³/mol. The van der Waals surface area contributed by atoms with Crippen LogP contribution in [-0.2, 0) is 16.1 Å². The fourth-order valence-electron chi connectivity index (χ4n) is 1.58. The van der Waals surface area contributed by atoms with Crippen molar-refractivity contribution >= 4 is 23.5 Å². The lowest BCUT2D eigenvalue weighted by Crippen LogP contribution is -2.13. The van der Waals surface area contributed by atoms with Crippen LogP contribution in [0.25, 0.3) is 0 Å². The quantitative estimate of drug-likeness (QED) is 0.682. The lowest BCUT2D eigenvalue weighted by Gasteiger charge is -2.07. The molecule has 0 aliphatic rings. The van der Waals surface area contributed by atoms with Crippen molar-refractivity contribution in [1.82, 2.24) is 0 Å². The van der Waals surface area contributed by atoms with E-state index in [9.17, 15) is 9.59 Å². The van der Waals surface area contributed by atoms with Crippen LogP contribution in [0.1, 0.15) is 5.56 Å². The molecule has 2 aromatic rings. The van der Waals surface area contributed by atoms with E-state index in [2.05, 4.69) is 10.3 Å². The van der Waals surface area contributed by atoms with E-state index in [0.29, 0.717) is 11.4 Å². The summed E-state index contributed by atoms with van der Waals surface area (Å²) in [5.74, 6) is 0. The van der Waals surface area contributed by atoms with E-state index in [-0.39, 0.29) is 6.61 Å². The summed E-state index contributed by atoms with van der Waals surface area (Å²) in [6.45, 7) is 0.193. The number of carbonyl (C=O) groups excluding carboxylic acids is 2. The summed E-state index contributed by atoms with van der Waals surface area (Å²) in [5, 5.41) is 2.56. The van der Waals surface area contributed by atoms with Crippen LogP contribution in [0.15, 0.2) is 59.6 Å². The largest absolute Gasteiger partial charge is 0.444 e. The number of carbonyl (C=O) groups is 1. The van der Waals surface area contributed by atoms with E-state index >= 15 is 0 Å². The molecular weight excluding hydrogens is 256 g/mol. The number of hydrogen-bond donors (Lipinski definition) is 1. The third-order valence-electron chi connectivity index (χ3n) is 2.48. The van der Waals surface area contributed by atoms with Crippen LogP contribution < -0.4 is 5.32 Å². The Morgan fingerprint density at radius 3 is 2.70 bits per heavy atom. The standard InChI is InChI=1S/C15H12N2O3/c18-11-16-13-7-4-8-14(9-13)17-15(19)20-10-12-5-2-1-3-6-12/h1-9H,10H2,(H,17,19). The summed E-state index contributed by atoms with van der Waals surface area (Å²) in [7, 11) is 0. The van der Waals surface area contributed by atoms with Gasteiger partial charge in [-0.15, -0.1) is 0 Å². The Morgan fingerprint density at radius 2 is 1.95 bits per heavy atom. The highest BCUT2D eigenvalue weighted by Crippen LogP contribution is 2.17. The van der Waals surface area contributed by atoms with Gasteiger partial charge in [0.1, 0.15) is 6.61 Å². The van der Waals surface area contributed by atoms with Crippen molar-refractivity contribution in [2.75, 3.05) is 5.32 Å². The van der Waals surface area contributed by atoms with Crippen LogP contribution in [0.5, 0.6) is 0 Å². The Kier molecular flexibility index (Phi) is 4.65. The molecule has 0 heterocycles. The van der Waals surface area contributed by atoms with Gasteiger partial charge in [-0.05, 0) is 23.8 Å². The van der Waals surface area contributed by atoms with Crippen LogP contribution in [0.2, 0.25) is 0 Å². The second-order valence-corrected chi connectivity index (χ2v) is 3.94. The zero-order chi connectivity index (χ0) is 14.2. The van der Waals surface area contributed by atoms with Crippen molar-refractivity contribution in [3.05, 3.63) is 60.2 Å². The Hall–Kier alpha value is -2.91.